The fraction of sp³-hybridized carbons (Fsp3) is 0. The summed E-state index contributed by atoms with van der Waals surface area (Å²) in [6.45, 7) is 0. The normalized spacial score (nSPS) is 2.40. The monoisotopic (exact) mass is 197 g/mol. The van der Waals surface area contributed by atoms with Crippen molar-refractivity contribution >= 4 is 32.3 Å². The van der Waals surface area contributed by atoms with Crippen LogP contribution in [-0.4, -0.2) is 32.3 Å². The van der Waals surface area contributed by atoms with Gasteiger partial charge in [-0.25, -0.2) is 0 Å². The van der Waals surface area contributed by atoms with E-state index in [-0.39, 0.29) is 0 Å². The van der Waals surface area contributed by atoms with E-state index in [1.807, 2.05) is 0 Å². The van der Waals surface area contributed by atoms with E-state index in [1.165, 1.54) is 0 Å². The minimum absolute atomic E-state index is 0.500. The molecule has 0 unspecified atom stereocenters. The third kappa shape index (κ3) is 139. The van der Waals surface area contributed by atoms with Gasteiger partial charge in [0, 0.05) is 0 Å². The molecule has 27 valence electrons. The van der Waals surface area contributed by atoms with Gasteiger partial charge in [0.05, 0.1) is 0 Å². The Morgan fingerprint density at radius 2 is 1.20 bits per heavy atom. The summed E-state index contributed by atoms with van der Waals surface area (Å²) in [5.41, 5.74) is 0. The van der Waals surface area contributed by atoms with Crippen molar-refractivity contribution in [1.29, 1.82) is 0 Å². The van der Waals surface area contributed by atoms with Gasteiger partial charge < -0.3 is 0 Å². The Morgan fingerprint density at radius 1 is 1.20 bits per heavy atom. The van der Waals surface area contributed by atoms with Crippen LogP contribution in [0.15, 0.2) is 0 Å². The van der Waals surface area contributed by atoms with Crippen LogP contribution in [0.2, 0.25) is 0 Å². The van der Waals surface area contributed by atoms with Gasteiger partial charge >= 0.3 is 35.3 Å². The van der Waals surface area contributed by atoms with Gasteiger partial charge in [0.25, 0.3) is 0 Å². The quantitative estimate of drug-likeness (QED) is 0.463. The summed E-state index contributed by atoms with van der Waals surface area (Å²) < 4.78 is 25.1. The average molecular weight is 198 g/mol. The fourth-order valence-electron chi connectivity index (χ4n) is 0. The summed E-state index contributed by atoms with van der Waals surface area (Å²) in [5.74, 6) is 0. The standard InChI is InChI=1S/O2Si.O.Sb/c1-3-2;;. The molecule has 0 saturated carbocycles. The van der Waals surface area contributed by atoms with Crippen LogP contribution in [-0.2, 0) is 11.9 Å². The molecule has 0 aromatic heterocycles. The van der Waals surface area contributed by atoms with E-state index < -0.39 is 9.29 Å². The van der Waals surface area contributed by atoms with E-state index in [0.717, 1.165) is 0 Å². The molecule has 0 atom stereocenters. The Balaban J connectivity index is 0. The van der Waals surface area contributed by atoms with Gasteiger partial charge in [-0.15, -0.1) is 0 Å². The second-order valence-corrected chi connectivity index (χ2v) is 0.250. The van der Waals surface area contributed by atoms with Gasteiger partial charge in [-0.1, -0.05) is 0 Å². The Morgan fingerprint density at radius 3 is 1.20 bits per heavy atom. The van der Waals surface area contributed by atoms with Gasteiger partial charge in [0.1, 0.15) is 0 Å². The maximum atomic E-state index is 8.40. The molecule has 0 rings (SSSR count). The Bertz CT molecular complexity index is 36.2. The van der Waals surface area contributed by atoms with Crippen molar-refractivity contribution in [3.8, 4) is 0 Å². The van der Waals surface area contributed by atoms with E-state index >= 15 is 0 Å². The SMILES string of the molecule is O=[Si]=O.[O]=[Sb]. The van der Waals surface area contributed by atoms with Crippen LogP contribution >= 0.6 is 0 Å². The maximum absolute atomic E-state index is 8.40. The van der Waals surface area contributed by atoms with E-state index in [9.17, 15) is 0 Å². The molecule has 0 heterocycles. The minimum atomic E-state index is -1.42. The zero-order valence-corrected chi connectivity index (χ0v) is 5.72. The second kappa shape index (κ2) is 25.4. The van der Waals surface area contributed by atoms with Gasteiger partial charge in [-0.05, 0) is 0 Å². The fourth-order valence-corrected chi connectivity index (χ4v) is 0. The van der Waals surface area contributed by atoms with Crippen LogP contribution in [0.3, 0.4) is 0 Å². The molecule has 0 N–H and O–H groups in total. The molecule has 3 nitrogen and oxygen atoms in total. The third-order valence-corrected chi connectivity index (χ3v) is 0. The summed E-state index contributed by atoms with van der Waals surface area (Å²) in [4.78, 5) is 0. The molecule has 0 saturated heterocycles. The predicted molar refractivity (Wildman–Crippen MR) is 13.6 cm³/mol. The average Bonchev–Trinajstić information content (AvgIpc) is 1.46. The van der Waals surface area contributed by atoms with Gasteiger partial charge in [-0.3, -0.25) is 8.92 Å². The first-order chi connectivity index (χ1) is 2.41. The molecule has 5 heavy (non-hydrogen) atoms. The van der Waals surface area contributed by atoms with Crippen molar-refractivity contribution in [1.82, 2.24) is 0 Å². The van der Waals surface area contributed by atoms with Crippen molar-refractivity contribution in [2.75, 3.05) is 0 Å². The Hall–Kier alpha value is 0.435. The molecule has 0 aliphatic heterocycles. The molecular weight excluding hydrogens is 198 g/mol. The van der Waals surface area contributed by atoms with Gasteiger partial charge in [0.15, 0.2) is 0 Å². The third-order valence-electron chi connectivity index (χ3n) is 0. The van der Waals surface area contributed by atoms with Crippen molar-refractivity contribution in [3.63, 3.8) is 0 Å². The molecule has 0 bridgehead atoms. The molecule has 0 amide bonds. The number of hydrogen-bond donors (Lipinski definition) is 0. The molecule has 0 aliphatic rings. The van der Waals surface area contributed by atoms with Gasteiger partial charge in [-0.2, -0.15) is 0 Å². The first-order valence-electron chi connectivity index (χ1n) is 0.591. The van der Waals surface area contributed by atoms with Crippen LogP contribution in [0.5, 0.6) is 0 Å². The van der Waals surface area contributed by atoms with Crippen molar-refractivity contribution in [2.24, 2.45) is 0 Å². The van der Waals surface area contributed by atoms with E-state index in [4.69, 9.17) is 11.9 Å². The first kappa shape index (κ1) is 9.06. The summed E-state index contributed by atoms with van der Waals surface area (Å²) >= 11 is 0.500. The molecule has 0 aliphatic carbocycles. The van der Waals surface area contributed by atoms with Crippen LogP contribution in [0.4, 0.5) is 0 Å². The number of rotatable bonds is 0. The Labute approximate surface area is 44.6 Å². The van der Waals surface area contributed by atoms with E-state index in [2.05, 4.69) is 0 Å². The van der Waals surface area contributed by atoms with Crippen molar-refractivity contribution in [3.05, 3.63) is 0 Å². The Kier molecular flexibility index (Phi) is 46.0. The summed E-state index contributed by atoms with van der Waals surface area (Å²) in [6.07, 6.45) is 0. The van der Waals surface area contributed by atoms with Crippen molar-refractivity contribution in [2.45, 2.75) is 0 Å². The molecule has 0 aromatic carbocycles. The second-order valence-electron chi connectivity index (χ2n) is 0.0833. The summed E-state index contributed by atoms with van der Waals surface area (Å²) in [5, 5.41) is 0. The zero-order valence-electron chi connectivity index (χ0n) is 2.17. The topological polar surface area (TPSA) is 51.2 Å². The summed E-state index contributed by atoms with van der Waals surface area (Å²) in [6, 6.07) is 0. The van der Waals surface area contributed by atoms with Crippen LogP contribution in [0, 0.1) is 0 Å². The van der Waals surface area contributed by atoms with E-state index in [1.54, 1.807) is 0 Å². The van der Waals surface area contributed by atoms with Gasteiger partial charge in [0.2, 0.25) is 0 Å². The number of hydrogen-bond acceptors (Lipinski definition) is 3. The first-order valence-corrected chi connectivity index (χ1v) is 2.45. The molecule has 1 radical (unpaired) electrons. The van der Waals surface area contributed by atoms with E-state index in [0.29, 0.717) is 23.0 Å². The van der Waals surface area contributed by atoms with Crippen LogP contribution in [0.1, 0.15) is 0 Å². The zero-order chi connectivity index (χ0) is 4.71. The molecule has 0 spiro atoms. The summed E-state index contributed by atoms with van der Waals surface area (Å²) in [7, 11) is -1.42. The molecule has 0 aromatic rings. The molecule has 5 heteroatoms. The predicted octanol–water partition coefficient (Wildman–Crippen LogP) is -1.12. The van der Waals surface area contributed by atoms with Crippen LogP contribution < -0.4 is 0 Å². The molecular formula is O3SbSi. The molecule has 0 fully saturated rings. The van der Waals surface area contributed by atoms with Crippen LogP contribution in [0.25, 0.3) is 0 Å². The van der Waals surface area contributed by atoms with Crippen molar-refractivity contribution < 1.29 is 11.9 Å².